The van der Waals surface area contributed by atoms with Crippen molar-refractivity contribution in [2.75, 3.05) is 12.8 Å². The van der Waals surface area contributed by atoms with Crippen LogP contribution in [-0.4, -0.2) is 28.9 Å². The second-order valence-electron chi connectivity index (χ2n) is 6.21. The number of benzene rings is 1. The highest BCUT2D eigenvalue weighted by Gasteiger charge is 2.37. The summed E-state index contributed by atoms with van der Waals surface area (Å²) in [6.07, 6.45) is 6.24. The van der Waals surface area contributed by atoms with Crippen LogP contribution in [0.4, 0.5) is 0 Å². The molecule has 5 nitrogen and oxygen atoms in total. The molecule has 1 aromatic heterocycles. The van der Waals surface area contributed by atoms with Gasteiger partial charge in [0, 0.05) is 17.6 Å². The number of hydrogen-bond acceptors (Lipinski definition) is 3. The fourth-order valence-electron chi connectivity index (χ4n) is 2.98. The molecule has 1 aliphatic rings. The number of nitrogens with two attached hydrogens (primary N) is 2. The first kappa shape index (κ1) is 19.0. The van der Waals surface area contributed by atoms with Crippen LogP contribution in [0.2, 0.25) is 0 Å². The van der Waals surface area contributed by atoms with Crippen LogP contribution >= 0.6 is 33.2 Å². The molecule has 1 aliphatic heterocycles. The third kappa shape index (κ3) is 3.30. The zero-order valence-electron chi connectivity index (χ0n) is 14.2. The highest BCUT2D eigenvalue weighted by Crippen LogP contribution is 2.73. The number of rotatable bonds is 6. The quantitative estimate of drug-likeness (QED) is 0.679. The van der Waals surface area contributed by atoms with Gasteiger partial charge in [0.15, 0.2) is 0 Å². The van der Waals surface area contributed by atoms with E-state index in [1.165, 1.54) is 0 Å². The zero-order valence-corrected chi connectivity index (χ0v) is 16.5. The normalized spacial score (nSPS) is 23.5. The van der Waals surface area contributed by atoms with Gasteiger partial charge in [0.2, 0.25) is 5.91 Å². The first-order chi connectivity index (χ1) is 12.4. The Kier molecular flexibility index (Phi) is 5.48. The van der Waals surface area contributed by atoms with Crippen LogP contribution in [0.15, 0.2) is 57.0 Å². The van der Waals surface area contributed by atoms with Gasteiger partial charge < -0.3 is 11.5 Å². The predicted octanol–water partition coefficient (Wildman–Crippen LogP) is 3.51. The Balaban J connectivity index is 1.92. The molecule has 0 aliphatic carbocycles. The summed E-state index contributed by atoms with van der Waals surface area (Å²) in [4.78, 5) is 12.5. The Morgan fingerprint density at radius 3 is 2.50 bits per heavy atom. The number of nitrogens with zero attached hydrogens (tertiary/aromatic N) is 1. The van der Waals surface area contributed by atoms with Crippen LogP contribution in [0.1, 0.15) is 11.1 Å². The Morgan fingerprint density at radius 1 is 1.27 bits per heavy atom. The minimum absolute atomic E-state index is 0.236. The van der Waals surface area contributed by atoms with Gasteiger partial charge in [0.25, 0.3) is 0 Å². The molecule has 2 heterocycles. The fourth-order valence-corrected chi connectivity index (χ4v) is 6.77. The Hall–Kier alpha value is -1.73. The van der Waals surface area contributed by atoms with E-state index in [0.717, 1.165) is 21.1 Å². The van der Waals surface area contributed by atoms with Crippen molar-refractivity contribution in [1.29, 1.82) is 0 Å². The lowest BCUT2D eigenvalue weighted by molar-refractivity contribution is -0.121. The van der Waals surface area contributed by atoms with Crippen molar-refractivity contribution in [3.63, 3.8) is 0 Å². The highest BCUT2D eigenvalue weighted by molar-refractivity contribution is 8.44. The molecule has 0 saturated carbocycles. The molecule has 0 fully saturated rings. The third-order valence-electron chi connectivity index (χ3n) is 4.57. The molecule has 2 atom stereocenters. The molecule has 8 heteroatoms. The molecule has 0 saturated heterocycles. The van der Waals surface area contributed by atoms with Crippen LogP contribution in [0.25, 0.3) is 4.91 Å². The number of carbonyl (C=O) groups excluding carboxylic acids is 1. The summed E-state index contributed by atoms with van der Waals surface area (Å²) in [5, 5.41) is 8.59. The number of nitrogens with one attached hydrogen (secondary N) is 1. The smallest absolute Gasteiger partial charge is 0.222 e. The van der Waals surface area contributed by atoms with Crippen molar-refractivity contribution in [3.8, 4) is 0 Å². The summed E-state index contributed by atoms with van der Waals surface area (Å²) in [6.45, 7) is 0.236. The van der Waals surface area contributed by atoms with Crippen molar-refractivity contribution >= 4 is 44.0 Å². The summed E-state index contributed by atoms with van der Waals surface area (Å²) >= 11 is 12.9. The van der Waals surface area contributed by atoms with Gasteiger partial charge in [-0.2, -0.15) is 5.10 Å². The molecular weight excluding hydrogens is 391 g/mol. The summed E-state index contributed by atoms with van der Waals surface area (Å²) in [5.74, 6) is -0.743. The van der Waals surface area contributed by atoms with E-state index in [1.807, 2.05) is 36.4 Å². The zero-order chi connectivity index (χ0) is 18.9. The van der Waals surface area contributed by atoms with E-state index in [9.17, 15) is 4.79 Å². The lowest BCUT2D eigenvalue weighted by atomic mass is 9.98. The fraction of sp³-hybridized carbons (Fsp3) is 0.222. The first-order valence-electron chi connectivity index (χ1n) is 8.01. The van der Waals surface area contributed by atoms with E-state index >= 15 is 0 Å². The van der Waals surface area contributed by atoms with Crippen LogP contribution in [-0.2, 0) is 11.2 Å². The van der Waals surface area contributed by atoms with E-state index in [0.29, 0.717) is 15.8 Å². The Morgan fingerprint density at radius 2 is 1.96 bits per heavy atom. The summed E-state index contributed by atoms with van der Waals surface area (Å²) in [5.41, 5.74) is 13.0. The lowest BCUT2D eigenvalue weighted by Gasteiger charge is -2.33. The largest absolute Gasteiger partial charge is 0.369 e. The Labute approximate surface area is 163 Å². The second kappa shape index (κ2) is 7.48. The molecule has 1 amide bonds. The lowest BCUT2D eigenvalue weighted by Crippen LogP contribution is -2.31. The van der Waals surface area contributed by atoms with Crippen LogP contribution in [0, 0.1) is 5.92 Å². The van der Waals surface area contributed by atoms with E-state index in [4.69, 9.17) is 34.7 Å². The van der Waals surface area contributed by atoms with Gasteiger partial charge in [-0.1, -0.05) is 47.5 Å². The van der Waals surface area contributed by atoms with Crippen molar-refractivity contribution in [1.82, 2.24) is 10.2 Å². The van der Waals surface area contributed by atoms with E-state index < -0.39 is 10.0 Å². The summed E-state index contributed by atoms with van der Waals surface area (Å²) in [7, 11) is -1.65. The Bertz CT molecular complexity index is 877. The van der Waals surface area contributed by atoms with Gasteiger partial charge in [0.05, 0.1) is 20.3 Å². The van der Waals surface area contributed by atoms with Crippen LogP contribution in [0.5, 0.6) is 0 Å². The number of H-pyrrole nitrogens is 1. The molecule has 0 bridgehead atoms. The van der Waals surface area contributed by atoms with Crippen molar-refractivity contribution in [2.45, 2.75) is 11.4 Å². The molecule has 26 heavy (non-hydrogen) atoms. The van der Waals surface area contributed by atoms with Crippen LogP contribution < -0.4 is 11.5 Å². The molecule has 5 N–H and O–H groups in total. The molecule has 2 aromatic rings. The molecular formula is C18H20Cl2N4OS. The molecule has 1 unspecified atom stereocenters. The maximum atomic E-state index is 11.4. The van der Waals surface area contributed by atoms with Crippen molar-refractivity contribution in [2.24, 2.45) is 17.4 Å². The standard InChI is InChI=1S/C18H20Cl2N4OS/c1-26(16-6-7-23-24-16)15(9-14(19)17(26)20)12-4-2-11(3-5-12)8-13(10-21)18(22)25/h2-7,9,13H,8,10,21H2,1H3,(H2,22,25)(H,23,24)/t13-/m1/s1. The number of allylic oxidation sites excluding steroid dienone is 2. The van der Waals surface area contributed by atoms with Crippen molar-refractivity contribution in [3.05, 3.63) is 63.1 Å². The average Bonchev–Trinajstić information content (AvgIpc) is 3.24. The van der Waals surface area contributed by atoms with E-state index in [-0.39, 0.29) is 18.4 Å². The number of aromatic nitrogens is 2. The maximum Gasteiger partial charge on any atom is 0.222 e. The number of carbonyl (C=O) groups is 1. The number of amides is 1. The minimum Gasteiger partial charge on any atom is -0.369 e. The van der Waals surface area contributed by atoms with E-state index in [2.05, 4.69) is 16.5 Å². The predicted molar refractivity (Wildman–Crippen MR) is 109 cm³/mol. The van der Waals surface area contributed by atoms with Gasteiger partial charge >= 0.3 is 0 Å². The minimum atomic E-state index is -1.65. The monoisotopic (exact) mass is 410 g/mol. The molecule has 0 spiro atoms. The molecule has 0 radical (unpaired) electrons. The highest BCUT2D eigenvalue weighted by atomic mass is 35.5. The van der Waals surface area contributed by atoms with Gasteiger partial charge in [-0.15, -0.1) is 10.0 Å². The second-order valence-corrected chi connectivity index (χ2v) is 10.3. The molecule has 1 aromatic carbocycles. The number of hydrogen-bond donors (Lipinski definition) is 3. The van der Waals surface area contributed by atoms with Crippen molar-refractivity contribution < 1.29 is 4.79 Å². The topological polar surface area (TPSA) is 97.8 Å². The summed E-state index contributed by atoms with van der Waals surface area (Å²) < 4.78 is 0.638. The van der Waals surface area contributed by atoms with E-state index in [1.54, 1.807) is 6.20 Å². The maximum absolute atomic E-state index is 11.4. The number of primary amides is 1. The number of halogens is 2. The van der Waals surface area contributed by atoms with Crippen LogP contribution in [0.3, 0.4) is 0 Å². The third-order valence-corrected chi connectivity index (χ3v) is 9.48. The molecule has 3 rings (SSSR count). The SMILES string of the molecule is CS1(c2ccn[nH]2)C(c2ccc(C[C@H](CN)C(N)=O)cc2)=CC(Cl)=C1Cl. The first-order valence-corrected chi connectivity index (χ1v) is 10.8. The summed E-state index contributed by atoms with van der Waals surface area (Å²) in [6, 6.07) is 9.91. The molecule has 138 valence electrons. The van der Waals surface area contributed by atoms with Gasteiger partial charge in [-0.25, -0.2) is 0 Å². The van der Waals surface area contributed by atoms with Gasteiger partial charge in [0.1, 0.15) is 0 Å². The van der Waals surface area contributed by atoms with Gasteiger partial charge in [-0.3, -0.25) is 9.89 Å². The van der Waals surface area contributed by atoms with Gasteiger partial charge in [-0.05, 0) is 35.9 Å². The number of aromatic amines is 1. The average molecular weight is 411 g/mol.